The van der Waals surface area contributed by atoms with Crippen LogP contribution in [-0.4, -0.2) is 27.2 Å². The van der Waals surface area contributed by atoms with E-state index in [0.717, 1.165) is 94.7 Å². The molecule has 0 unspecified atom stereocenters. The zero-order chi connectivity index (χ0) is 48.6. The van der Waals surface area contributed by atoms with Crippen molar-refractivity contribution in [3.05, 3.63) is 187 Å². The minimum atomic E-state index is -1.51. The summed E-state index contributed by atoms with van der Waals surface area (Å²) in [6.07, 6.45) is 0. The van der Waals surface area contributed by atoms with Gasteiger partial charge in [0.05, 0.1) is 47.4 Å². The van der Waals surface area contributed by atoms with Crippen molar-refractivity contribution < 1.29 is 27.3 Å². The van der Waals surface area contributed by atoms with Gasteiger partial charge in [0.2, 0.25) is 0 Å². The first-order valence-corrected chi connectivity index (χ1v) is 26.8. The van der Waals surface area contributed by atoms with Crippen LogP contribution in [0.3, 0.4) is 0 Å². The monoisotopic (exact) mass is 1090 g/mol. The maximum atomic E-state index is 8.80. The van der Waals surface area contributed by atoms with Crippen LogP contribution in [0.1, 0.15) is 79.7 Å². The SMILES string of the molecule is CC(C)(C)c1cc([Si](C)(C)C)ccc1-n1c(-c2[c-]ccc3c2oc2c4ccccc4ccc32)nc2ccccc21.[2H]C(C)(C)c1cccc(C([2H])(C)C)c1-n1c(-c2[c-]cccc2)nc2ccccc21.[Ir]. The van der Waals surface area contributed by atoms with Crippen molar-refractivity contribution >= 4 is 68.0 Å². The number of hydrogen-bond acceptors (Lipinski definition) is 3. The number of aromatic nitrogens is 4. The number of fused-ring (bicyclic) bond motifs is 7. The van der Waals surface area contributed by atoms with Gasteiger partial charge < -0.3 is 13.6 Å². The van der Waals surface area contributed by atoms with Gasteiger partial charge in [0.25, 0.3) is 0 Å². The maximum absolute atomic E-state index is 8.80. The maximum Gasteiger partial charge on any atom is 0.128 e. The molecule has 343 valence electrons. The smallest absolute Gasteiger partial charge is 0.128 e. The average molecular weight is 1090 g/mol. The summed E-state index contributed by atoms with van der Waals surface area (Å²) in [4.78, 5) is 10.1. The summed E-state index contributed by atoms with van der Waals surface area (Å²) in [6, 6.07) is 60.9. The Morgan fingerprint density at radius 1 is 0.588 bits per heavy atom. The predicted molar refractivity (Wildman–Crippen MR) is 285 cm³/mol. The Balaban J connectivity index is 0.000000180. The van der Waals surface area contributed by atoms with Gasteiger partial charge in [0.1, 0.15) is 5.58 Å². The van der Waals surface area contributed by atoms with Crippen LogP contribution >= 0.6 is 0 Å². The molecule has 5 nitrogen and oxygen atoms in total. The van der Waals surface area contributed by atoms with Crippen molar-refractivity contribution in [2.24, 2.45) is 0 Å². The van der Waals surface area contributed by atoms with Gasteiger partial charge >= 0.3 is 0 Å². The Kier molecular flexibility index (Phi) is 11.9. The Hall–Kier alpha value is -6.37. The van der Waals surface area contributed by atoms with Gasteiger partial charge in [-0.15, -0.1) is 54.1 Å². The third kappa shape index (κ3) is 8.35. The molecular weight excluding hydrogens is 1030 g/mol. The van der Waals surface area contributed by atoms with Crippen LogP contribution in [-0.2, 0) is 25.5 Å². The molecule has 8 aromatic carbocycles. The third-order valence-corrected chi connectivity index (χ3v) is 14.9. The first-order chi connectivity index (χ1) is 32.8. The zero-order valence-corrected chi connectivity index (χ0v) is 43.9. The van der Waals surface area contributed by atoms with Crippen LogP contribution < -0.4 is 5.19 Å². The Bertz CT molecular complexity index is 3700. The van der Waals surface area contributed by atoms with Crippen LogP contribution in [0.5, 0.6) is 0 Å². The normalized spacial score (nSPS) is 12.9. The second-order valence-corrected chi connectivity index (χ2v) is 25.2. The first kappa shape index (κ1) is 44.2. The molecule has 1 radical (unpaired) electrons. The van der Waals surface area contributed by atoms with Crippen LogP contribution in [0.25, 0.3) is 88.9 Å². The van der Waals surface area contributed by atoms with Crippen LogP contribution in [0.15, 0.2) is 162 Å². The quantitative estimate of drug-likeness (QED) is 0.118. The summed E-state index contributed by atoms with van der Waals surface area (Å²) in [6.45, 7) is 21.7. The molecular formula is C61H58IrN4OSi-2. The summed E-state index contributed by atoms with van der Waals surface area (Å²) in [5, 5.41) is 5.95. The van der Waals surface area contributed by atoms with E-state index in [-0.39, 0.29) is 25.5 Å². The largest absolute Gasteiger partial charge is 0.500 e. The molecule has 0 aliphatic carbocycles. The van der Waals surface area contributed by atoms with E-state index in [4.69, 9.17) is 17.1 Å². The second kappa shape index (κ2) is 18.3. The van der Waals surface area contributed by atoms with E-state index in [2.05, 4.69) is 147 Å². The van der Waals surface area contributed by atoms with Crippen molar-refractivity contribution in [1.29, 1.82) is 0 Å². The second-order valence-electron chi connectivity index (χ2n) is 20.1. The zero-order valence-electron chi connectivity index (χ0n) is 42.5. The summed E-state index contributed by atoms with van der Waals surface area (Å²) < 4.78 is 28.7. The molecule has 3 aromatic heterocycles. The van der Waals surface area contributed by atoms with E-state index in [0.29, 0.717) is 0 Å². The molecule has 7 heteroatoms. The molecule has 68 heavy (non-hydrogen) atoms. The molecule has 11 rings (SSSR count). The fourth-order valence-electron chi connectivity index (χ4n) is 9.43. The minimum absolute atomic E-state index is 0. The molecule has 11 aromatic rings. The van der Waals surface area contributed by atoms with Gasteiger partial charge in [-0.2, -0.15) is 0 Å². The summed E-state index contributed by atoms with van der Waals surface area (Å²) in [7, 11) is -1.51. The molecule has 0 saturated carbocycles. The fraction of sp³-hybridized carbons (Fsp3) is 0.213. The Morgan fingerprint density at radius 3 is 1.85 bits per heavy atom. The number of furan rings is 1. The van der Waals surface area contributed by atoms with Crippen molar-refractivity contribution in [3.63, 3.8) is 0 Å². The summed E-state index contributed by atoms with van der Waals surface area (Å²) in [5.41, 5.74) is 12.4. The van der Waals surface area contributed by atoms with E-state index in [1.807, 2.05) is 100 Å². The summed E-state index contributed by atoms with van der Waals surface area (Å²) >= 11 is 0. The van der Waals surface area contributed by atoms with Gasteiger partial charge in [-0.3, -0.25) is 9.97 Å². The van der Waals surface area contributed by atoms with Crippen LogP contribution in [0, 0.1) is 12.1 Å². The Labute approximate surface area is 418 Å². The van der Waals surface area contributed by atoms with Gasteiger partial charge in [0, 0.05) is 45.0 Å². The van der Waals surface area contributed by atoms with Crippen molar-refractivity contribution in [1.82, 2.24) is 19.1 Å². The molecule has 0 N–H and O–H groups in total. The van der Waals surface area contributed by atoms with E-state index in [1.54, 1.807) is 0 Å². The first-order valence-electron chi connectivity index (χ1n) is 24.3. The molecule has 0 atom stereocenters. The molecule has 3 heterocycles. The average Bonchev–Trinajstić information content (AvgIpc) is 4.02. The molecule has 0 aliphatic rings. The molecule has 0 aliphatic heterocycles. The van der Waals surface area contributed by atoms with Crippen molar-refractivity contribution in [3.8, 4) is 34.2 Å². The van der Waals surface area contributed by atoms with E-state index < -0.39 is 19.9 Å². The number of para-hydroxylation sites is 5. The van der Waals surface area contributed by atoms with Crippen molar-refractivity contribution in [2.45, 2.75) is 85.3 Å². The summed E-state index contributed by atoms with van der Waals surface area (Å²) in [5.74, 6) is -0.0466. The van der Waals surface area contributed by atoms with Gasteiger partial charge in [-0.05, 0) is 69.6 Å². The fourth-order valence-corrected chi connectivity index (χ4v) is 10.6. The number of hydrogen-bond donors (Lipinski definition) is 0. The molecule has 0 fully saturated rings. The van der Waals surface area contributed by atoms with Crippen LogP contribution in [0.2, 0.25) is 19.6 Å². The van der Waals surface area contributed by atoms with Gasteiger partial charge in [-0.25, -0.2) is 0 Å². The molecule has 0 saturated heterocycles. The van der Waals surface area contributed by atoms with Gasteiger partial charge in [0.15, 0.2) is 0 Å². The van der Waals surface area contributed by atoms with Gasteiger partial charge in [-0.1, -0.05) is 175 Å². The predicted octanol–water partition coefficient (Wildman–Crippen LogP) is 16.1. The number of benzene rings is 8. The number of imidazole rings is 2. The number of rotatable bonds is 7. The van der Waals surface area contributed by atoms with E-state index in [9.17, 15) is 0 Å². The molecule has 0 spiro atoms. The van der Waals surface area contributed by atoms with E-state index >= 15 is 0 Å². The van der Waals surface area contributed by atoms with Crippen molar-refractivity contribution in [2.75, 3.05) is 0 Å². The molecule has 0 bridgehead atoms. The minimum Gasteiger partial charge on any atom is -0.500 e. The standard InChI is InChI=1S/C36H33N2OSi.C25H25N2.Ir/c1-36(2,3)29-22-24(40(4,5)6)19-21-31(29)38-32-17-10-9-16-30(32)37-35(38)28-15-11-14-26-27-20-18-23-12-7-8-13-25(23)33(27)39-34(26)28;1-17(2)20-13-10-14-21(18(3)4)24(20)27-23-16-9-8-15-22(23)26-25(27)19-11-6-5-7-12-19;/h7-14,16-22H,1-6H3;5-11,13-18H,1-4H3;/q2*-1;/i;17D,18D;. The number of nitrogens with zero attached hydrogens (tertiary/aromatic N) is 4. The van der Waals surface area contributed by atoms with Crippen LogP contribution in [0.4, 0.5) is 0 Å². The topological polar surface area (TPSA) is 48.8 Å². The Morgan fingerprint density at radius 2 is 1.21 bits per heavy atom. The third-order valence-electron chi connectivity index (χ3n) is 12.9. The molecule has 0 amide bonds. The van der Waals surface area contributed by atoms with E-state index in [1.165, 1.54) is 16.1 Å².